The van der Waals surface area contributed by atoms with Gasteiger partial charge >= 0.3 is 0 Å². The van der Waals surface area contributed by atoms with Crippen molar-refractivity contribution in [2.75, 3.05) is 36.8 Å². The van der Waals surface area contributed by atoms with Gasteiger partial charge in [-0.05, 0) is 24.6 Å². The first-order chi connectivity index (χ1) is 11.6. The Labute approximate surface area is 140 Å². The molecule has 0 atom stereocenters. The first kappa shape index (κ1) is 16.0. The van der Waals surface area contributed by atoms with Crippen molar-refractivity contribution in [3.8, 4) is 17.0 Å². The molecule has 1 aliphatic rings. The van der Waals surface area contributed by atoms with Crippen LogP contribution in [0.4, 0.5) is 11.5 Å². The standard InChI is InChI=1S/C17H21N5O2/c1-12(23)21-7-4-8-22(10-9-21)15-11-14(19-20-17(15)18)13-5-2-3-6-16(13)24/h2-3,5-6,11,24H,4,7-10H2,1H3,(H2,18,20). The Morgan fingerprint density at radius 2 is 1.96 bits per heavy atom. The zero-order valence-electron chi connectivity index (χ0n) is 13.6. The van der Waals surface area contributed by atoms with Crippen LogP contribution >= 0.6 is 0 Å². The summed E-state index contributed by atoms with van der Waals surface area (Å²) in [4.78, 5) is 15.5. The second-order valence-electron chi connectivity index (χ2n) is 5.86. The van der Waals surface area contributed by atoms with Crippen molar-refractivity contribution >= 4 is 17.4 Å². The number of carbonyl (C=O) groups is 1. The molecule has 0 aliphatic carbocycles. The fourth-order valence-corrected chi connectivity index (χ4v) is 2.94. The van der Waals surface area contributed by atoms with Crippen LogP contribution in [0.15, 0.2) is 30.3 Å². The van der Waals surface area contributed by atoms with Crippen LogP contribution in [0.1, 0.15) is 13.3 Å². The number of hydrogen-bond donors (Lipinski definition) is 2. The lowest BCUT2D eigenvalue weighted by Gasteiger charge is -2.24. The summed E-state index contributed by atoms with van der Waals surface area (Å²) in [6, 6.07) is 8.85. The van der Waals surface area contributed by atoms with E-state index in [0.29, 0.717) is 30.2 Å². The van der Waals surface area contributed by atoms with Crippen molar-refractivity contribution in [1.29, 1.82) is 0 Å². The molecule has 0 radical (unpaired) electrons. The third kappa shape index (κ3) is 3.24. The summed E-state index contributed by atoms with van der Waals surface area (Å²) in [5, 5.41) is 18.2. The second kappa shape index (κ2) is 6.74. The van der Waals surface area contributed by atoms with E-state index in [1.807, 2.05) is 17.0 Å². The molecular formula is C17H21N5O2. The molecule has 1 aliphatic heterocycles. The van der Waals surface area contributed by atoms with Gasteiger partial charge in [0.25, 0.3) is 0 Å². The van der Waals surface area contributed by atoms with Crippen LogP contribution in [0, 0.1) is 0 Å². The lowest BCUT2D eigenvalue weighted by molar-refractivity contribution is -0.128. The average molecular weight is 327 g/mol. The van der Waals surface area contributed by atoms with Crippen molar-refractivity contribution in [2.45, 2.75) is 13.3 Å². The van der Waals surface area contributed by atoms with E-state index in [1.165, 1.54) is 0 Å². The summed E-state index contributed by atoms with van der Waals surface area (Å²) in [5.41, 5.74) is 8.00. The average Bonchev–Trinajstić information content (AvgIpc) is 2.82. The third-order valence-electron chi connectivity index (χ3n) is 4.26. The number of aromatic nitrogens is 2. The summed E-state index contributed by atoms with van der Waals surface area (Å²) in [7, 11) is 0. The number of phenolic OH excluding ortho intramolecular Hbond substituents is 1. The summed E-state index contributed by atoms with van der Waals surface area (Å²) >= 11 is 0. The van der Waals surface area contributed by atoms with E-state index >= 15 is 0 Å². The first-order valence-corrected chi connectivity index (χ1v) is 7.98. The van der Waals surface area contributed by atoms with Gasteiger partial charge in [0, 0.05) is 38.7 Å². The smallest absolute Gasteiger partial charge is 0.219 e. The number of rotatable bonds is 2. The molecule has 1 saturated heterocycles. The highest BCUT2D eigenvalue weighted by atomic mass is 16.3. The Morgan fingerprint density at radius 3 is 2.71 bits per heavy atom. The first-order valence-electron chi connectivity index (χ1n) is 7.98. The van der Waals surface area contributed by atoms with Gasteiger partial charge in [0.05, 0.1) is 11.4 Å². The molecule has 3 N–H and O–H groups in total. The molecule has 0 bridgehead atoms. The van der Waals surface area contributed by atoms with Crippen LogP contribution in [0.2, 0.25) is 0 Å². The van der Waals surface area contributed by atoms with E-state index < -0.39 is 0 Å². The topological polar surface area (TPSA) is 95.6 Å². The highest BCUT2D eigenvalue weighted by Gasteiger charge is 2.20. The molecule has 1 fully saturated rings. The zero-order valence-corrected chi connectivity index (χ0v) is 13.6. The minimum Gasteiger partial charge on any atom is -0.507 e. The molecule has 0 saturated carbocycles. The number of hydrogen-bond acceptors (Lipinski definition) is 6. The Bertz CT molecular complexity index is 750. The van der Waals surface area contributed by atoms with Crippen LogP contribution in [-0.2, 0) is 4.79 Å². The highest BCUT2D eigenvalue weighted by Crippen LogP contribution is 2.31. The number of benzene rings is 1. The monoisotopic (exact) mass is 327 g/mol. The van der Waals surface area contributed by atoms with Gasteiger partial charge < -0.3 is 20.6 Å². The molecule has 1 aromatic heterocycles. The number of aromatic hydroxyl groups is 1. The summed E-state index contributed by atoms with van der Waals surface area (Å²) in [6.45, 7) is 4.48. The van der Waals surface area contributed by atoms with Crippen LogP contribution in [0.5, 0.6) is 5.75 Å². The number of nitrogens with two attached hydrogens (primary N) is 1. The molecule has 0 spiro atoms. The molecule has 1 aromatic carbocycles. The number of nitrogen functional groups attached to an aromatic ring is 1. The summed E-state index contributed by atoms with van der Waals surface area (Å²) < 4.78 is 0. The quantitative estimate of drug-likeness (QED) is 0.867. The van der Waals surface area contributed by atoms with Gasteiger partial charge in [-0.2, -0.15) is 0 Å². The molecule has 24 heavy (non-hydrogen) atoms. The Morgan fingerprint density at radius 1 is 1.17 bits per heavy atom. The van der Waals surface area contributed by atoms with Gasteiger partial charge in [-0.15, -0.1) is 10.2 Å². The van der Waals surface area contributed by atoms with Crippen molar-refractivity contribution in [1.82, 2.24) is 15.1 Å². The molecule has 7 nitrogen and oxygen atoms in total. The van der Waals surface area contributed by atoms with E-state index in [4.69, 9.17) is 5.73 Å². The lowest BCUT2D eigenvalue weighted by Crippen LogP contribution is -2.34. The van der Waals surface area contributed by atoms with Gasteiger partial charge in [0.2, 0.25) is 5.91 Å². The predicted molar refractivity (Wildman–Crippen MR) is 92.6 cm³/mol. The summed E-state index contributed by atoms with van der Waals surface area (Å²) in [6.07, 6.45) is 0.868. The summed E-state index contributed by atoms with van der Waals surface area (Å²) in [5.74, 6) is 0.596. The van der Waals surface area contributed by atoms with E-state index in [0.717, 1.165) is 25.2 Å². The molecule has 126 valence electrons. The van der Waals surface area contributed by atoms with E-state index in [9.17, 15) is 9.90 Å². The van der Waals surface area contributed by atoms with Crippen molar-refractivity contribution in [3.63, 3.8) is 0 Å². The van der Waals surface area contributed by atoms with E-state index in [1.54, 1.807) is 25.1 Å². The number of para-hydroxylation sites is 1. The Balaban J connectivity index is 1.89. The number of carbonyl (C=O) groups excluding carboxylic acids is 1. The van der Waals surface area contributed by atoms with Crippen molar-refractivity contribution < 1.29 is 9.90 Å². The number of amides is 1. The number of anilines is 2. The molecule has 2 aromatic rings. The maximum Gasteiger partial charge on any atom is 0.219 e. The van der Waals surface area contributed by atoms with Crippen molar-refractivity contribution in [2.24, 2.45) is 0 Å². The normalized spacial score (nSPS) is 15.2. The Kier molecular flexibility index (Phi) is 4.50. The molecule has 2 heterocycles. The van der Waals surface area contributed by atoms with Gasteiger partial charge in [0.15, 0.2) is 5.82 Å². The molecular weight excluding hydrogens is 306 g/mol. The maximum atomic E-state index is 11.6. The van der Waals surface area contributed by atoms with Crippen molar-refractivity contribution in [3.05, 3.63) is 30.3 Å². The minimum absolute atomic E-state index is 0.0903. The number of nitrogens with zero attached hydrogens (tertiary/aromatic N) is 4. The van der Waals surface area contributed by atoms with Gasteiger partial charge in [-0.3, -0.25) is 4.79 Å². The van der Waals surface area contributed by atoms with Gasteiger partial charge in [-0.25, -0.2) is 0 Å². The molecule has 0 unspecified atom stereocenters. The predicted octanol–water partition coefficient (Wildman–Crippen LogP) is 1.49. The van der Waals surface area contributed by atoms with Gasteiger partial charge in [0.1, 0.15) is 5.75 Å². The fourth-order valence-electron chi connectivity index (χ4n) is 2.94. The molecule has 7 heteroatoms. The minimum atomic E-state index is 0.0903. The third-order valence-corrected chi connectivity index (χ3v) is 4.26. The number of phenols is 1. The lowest BCUT2D eigenvalue weighted by atomic mass is 10.1. The van der Waals surface area contributed by atoms with Crippen LogP contribution in [-0.4, -0.2) is 52.3 Å². The fraction of sp³-hybridized carbons (Fsp3) is 0.353. The van der Waals surface area contributed by atoms with Crippen LogP contribution < -0.4 is 10.6 Å². The molecule has 3 rings (SSSR count). The second-order valence-corrected chi connectivity index (χ2v) is 5.86. The highest BCUT2D eigenvalue weighted by molar-refractivity contribution is 5.75. The van der Waals surface area contributed by atoms with Crippen LogP contribution in [0.3, 0.4) is 0 Å². The molecule has 1 amide bonds. The van der Waals surface area contributed by atoms with E-state index in [-0.39, 0.29) is 11.7 Å². The Hall–Kier alpha value is -2.83. The largest absolute Gasteiger partial charge is 0.507 e. The van der Waals surface area contributed by atoms with Crippen LogP contribution in [0.25, 0.3) is 11.3 Å². The maximum absolute atomic E-state index is 11.6. The SMILES string of the molecule is CC(=O)N1CCCN(c2cc(-c3ccccc3O)nnc2N)CC1. The zero-order chi connectivity index (χ0) is 17.1. The van der Waals surface area contributed by atoms with Gasteiger partial charge in [-0.1, -0.05) is 12.1 Å². The van der Waals surface area contributed by atoms with E-state index in [2.05, 4.69) is 15.1 Å².